The number of hydrogen-bond acceptors (Lipinski definition) is 4. The first kappa shape index (κ1) is 24.1. The smallest absolute Gasteiger partial charge is 0.193 e. The molecule has 0 aliphatic carbocycles. The van der Waals surface area contributed by atoms with E-state index >= 15 is 0 Å². The first-order valence-corrected chi connectivity index (χ1v) is 11.0. The van der Waals surface area contributed by atoms with Gasteiger partial charge in [0.2, 0.25) is 0 Å². The van der Waals surface area contributed by atoms with Crippen LogP contribution in [-0.4, -0.2) is 67.0 Å². The van der Waals surface area contributed by atoms with Gasteiger partial charge in [-0.1, -0.05) is 17.7 Å². The van der Waals surface area contributed by atoms with Gasteiger partial charge in [0.05, 0.1) is 19.3 Å². The van der Waals surface area contributed by atoms with Crippen LogP contribution in [0.1, 0.15) is 23.7 Å². The lowest BCUT2D eigenvalue weighted by atomic mass is 10.1. The predicted octanol–water partition coefficient (Wildman–Crippen LogP) is 3.48. The van der Waals surface area contributed by atoms with Crippen molar-refractivity contribution in [2.75, 3.05) is 51.3 Å². The van der Waals surface area contributed by atoms with E-state index in [1.54, 1.807) is 0 Å². The molecule has 0 radical (unpaired) electrons. The van der Waals surface area contributed by atoms with Gasteiger partial charge in [-0.15, -0.1) is 24.0 Å². The molecule has 31 heavy (non-hydrogen) atoms. The molecule has 2 atom stereocenters. The number of aromatic nitrogens is 2. The number of rotatable bonds is 4. The van der Waals surface area contributed by atoms with E-state index in [0.29, 0.717) is 12.5 Å². The van der Waals surface area contributed by atoms with Gasteiger partial charge < -0.3 is 19.9 Å². The van der Waals surface area contributed by atoms with Crippen LogP contribution in [-0.2, 0) is 11.8 Å². The highest BCUT2D eigenvalue weighted by Crippen LogP contribution is 2.29. The Labute approximate surface area is 206 Å². The third-order valence-corrected chi connectivity index (χ3v) is 6.26. The second-order valence-corrected chi connectivity index (χ2v) is 8.65. The van der Waals surface area contributed by atoms with E-state index in [-0.39, 0.29) is 30.1 Å². The Morgan fingerprint density at radius 2 is 2.16 bits per heavy atom. The van der Waals surface area contributed by atoms with Gasteiger partial charge in [-0.25, -0.2) is 0 Å². The molecule has 1 aromatic heterocycles. The molecule has 2 aromatic rings. The first-order chi connectivity index (χ1) is 14.5. The van der Waals surface area contributed by atoms with E-state index < -0.39 is 0 Å². The number of anilines is 1. The fourth-order valence-corrected chi connectivity index (χ4v) is 4.53. The molecule has 3 heterocycles. The van der Waals surface area contributed by atoms with Gasteiger partial charge in [-0.2, -0.15) is 5.10 Å². The number of morpholine rings is 1. The standard InChI is InChI=1S/C22H31ClN6O.HI/c1-16-4-5-19(23)10-20(16)28-7-6-17(13-28)11-25-22(24-2)29-8-9-30-21(15-29)18-12-26-27(3)14-18;/h4-5,10,12,14,17,21H,6-9,11,13,15H2,1-3H3,(H,24,25);1H. The molecule has 2 aliphatic rings. The van der Waals surface area contributed by atoms with Crippen LogP contribution >= 0.6 is 35.6 Å². The Bertz CT molecular complexity index is 904. The summed E-state index contributed by atoms with van der Waals surface area (Å²) < 4.78 is 7.79. The minimum atomic E-state index is 0. The van der Waals surface area contributed by atoms with Crippen LogP contribution < -0.4 is 10.2 Å². The molecule has 2 saturated heterocycles. The number of aliphatic imine (C=N–C) groups is 1. The van der Waals surface area contributed by atoms with E-state index in [4.69, 9.17) is 16.3 Å². The van der Waals surface area contributed by atoms with Crippen molar-refractivity contribution in [1.82, 2.24) is 20.0 Å². The quantitative estimate of drug-likeness (QED) is 0.354. The highest BCUT2D eigenvalue weighted by Gasteiger charge is 2.27. The molecule has 0 bridgehead atoms. The van der Waals surface area contributed by atoms with Gasteiger partial charge in [0.15, 0.2) is 5.96 Å². The maximum Gasteiger partial charge on any atom is 0.193 e. The molecule has 0 spiro atoms. The van der Waals surface area contributed by atoms with Gasteiger partial charge in [0, 0.05) is 62.7 Å². The number of guanidine groups is 1. The minimum absolute atomic E-state index is 0. The van der Waals surface area contributed by atoms with Crippen molar-refractivity contribution >= 4 is 47.2 Å². The molecule has 7 nitrogen and oxygen atoms in total. The van der Waals surface area contributed by atoms with Crippen LogP contribution in [0.15, 0.2) is 35.6 Å². The van der Waals surface area contributed by atoms with E-state index in [2.05, 4.69) is 44.3 Å². The molecule has 1 N–H and O–H groups in total. The Morgan fingerprint density at radius 3 is 2.90 bits per heavy atom. The summed E-state index contributed by atoms with van der Waals surface area (Å²) in [4.78, 5) is 9.27. The number of benzene rings is 1. The Hall–Kier alpha value is -1.52. The van der Waals surface area contributed by atoms with Gasteiger partial charge in [-0.05, 0) is 37.0 Å². The fourth-order valence-electron chi connectivity index (χ4n) is 4.36. The normalized spacial score (nSPS) is 21.9. The van der Waals surface area contributed by atoms with Crippen molar-refractivity contribution in [2.24, 2.45) is 18.0 Å². The maximum atomic E-state index is 6.22. The lowest BCUT2D eigenvalue weighted by Gasteiger charge is -2.35. The van der Waals surface area contributed by atoms with Crippen molar-refractivity contribution in [1.29, 1.82) is 0 Å². The third kappa shape index (κ3) is 5.84. The molecular weight excluding hydrogens is 527 g/mol. The van der Waals surface area contributed by atoms with Crippen LogP contribution in [0, 0.1) is 12.8 Å². The third-order valence-electron chi connectivity index (χ3n) is 6.02. The lowest BCUT2D eigenvalue weighted by Crippen LogP contribution is -2.49. The van der Waals surface area contributed by atoms with Crippen LogP contribution in [0.2, 0.25) is 5.02 Å². The average molecular weight is 559 g/mol. The number of hydrogen-bond donors (Lipinski definition) is 1. The second kappa shape index (κ2) is 10.9. The number of halogens is 2. The molecule has 1 aromatic carbocycles. The maximum absolute atomic E-state index is 6.22. The van der Waals surface area contributed by atoms with Crippen molar-refractivity contribution in [3.8, 4) is 0 Å². The molecule has 2 unspecified atom stereocenters. The molecule has 2 aliphatic heterocycles. The minimum Gasteiger partial charge on any atom is -0.371 e. The largest absolute Gasteiger partial charge is 0.371 e. The zero-order valence-corrected chi connectivity index (χ0v) is 21.5. The number of nitrogens with one attached hydrogen (secondary N) is 1. The molecule has 9 heteroatoms. The van der Waals surface area contributed by atoms with Crippen LogP contribution in [0.25, 0.3) is 0 Å². The number of nitrogens with zero attached hydrogens (tertiary/aromatic N) is 5. The Morgan fingerprint density at radius 1 is 1.32 bits per heavy atom. The van der Waals surface area contributed by atoms with Crippen LogP contribution in [0.4, 0.5) is 5.69 Å². The highest BCUT2D eigenvalue weighted by molar-refractivity contribution is 14.0. The van der Waals surface area contributed by atoms with Crippen molar-refractivity contribution in [3.05, 3.63) is 46.7 Å². The van der Waals surface area contributed by atoms with Crippen LogP contribution in [0.3, 0.4) is 0 Å². The summed E-state index contributed by atoms with van der Waals surface area (Å²) in [6.07, 6.45) is 5.10. The lowest BCUT2D eigenvalue weighted by molar-refractivity contribution is -0.00806. The summed E-state index contributed by atoms with van der Waals surface area (Å²) >= 11 is 6.22. The van der Waals surface area contributed by atoms with Crippen molar-refractivity contribution < 1.29 is 4.74 Å². The summed E-state index contributed by atoms with van der Waals surface area (Å²) in [6.45, 7) is 7.47. The van der Waals surface area contributed by atoms with Gasteiger partial charge in [0.25, 0.3) is 0 Å². The molecule has 0 saturated carbocycles. The summed E-state index contributed by atoms with van der Waals surface area (Å²) in [7, 11) is 3.79. The van der Waals surface area contributed by atoms with Crippen molar-refractivity contribution in [3.63, 3.8) is 0 Å². The van der Waals surface area contributed by atoms with E-state index in [0.717, 1.165) is 55.7 Å². The Balaban J connectivity index is 0.00000272. The highest BCUT2D eigenvalue weighted by atomic mass is 127. The average Bonchev–Trinajstić information content (AvgIpc) is 3.40. The monoisotopic (exact) mass is 558 g/mol. The summed E-state index contributed by atoms with van der Waals surface area (Å²) in [5.74, 6) is 1.53. The molecule has 0 amide bonds. The van der Waals surface area contributed by atoms with Gasteiger partial charge >= 0.3 is 0 Å². The Kier molecular flexibility index (Phi) is 8.46. The zero-order chi connectivity index (χ0) is 21.1. The van der Waals surface area contributed by atoms with Gasteiger partial charge in [0.1, 0.15) is 6.10 Å². The van der Waals surface area contributed by atoms with Gasteiger partial charge in [-0.3, -0.25) is 9.67 Å². The fraction of sp³-hybridized carbons (Fsp3) is 0.545. The van der Waals surface area contributed by atoms with Crippen molar-refractivity contribution in [2.45, 2.75) is 19.4 Å². The van der Waals surface area contributed by atoms with E-state index in [1.165, 1.54) is 11.3 Å². The van der Waals surface area contributed by atoms with Crippen LogP contribution in [0.5, 0.6) is 0 Å². The summed E-state index contributed by atoms with van der Waals surface area (Å²) in [6, 6.07) is 6.14. The summed E-state index contributed by atoms with van der Waals surface area (Å²) in [5, 5.41) is 8.68. The molecular formula is C22H32ClIN6O. The molecule has 4 rings (SSSR count). The predicted molar refractivity (Wildman–Crippen MR) is 137 cm³/mol. The molecule has 2 fully saturated rings. The number of aryl methyl sites for hydroxylation is 2. The zero-order valence-electron chi connectivity index (χ0n) is 18.4. The topological polar surface area (TPSA) is 57.9 Å². The SMILES string of the molecule is CN=C(NCC1CCN(c2cc(Cl)ccc2C)C1)N1CCOC(c2cnn(C)c2)C1.I. The second-order valence-electron chi connectivity index (χ2n) is 8.21. The van der Waals surface area contributed by atoms with E-state index in [9.17, 15) is 0 Å². The summed E-state index contributed by atoms with van der Waals surface area (Å²) in [5.41, 5.74) is 3.64. The molecule has 170 valence electrons. The number of ether oxygens (including phenoxy) is 1. The first-order valence-electron chi connectivity index (χ1n) is 10.6. The van der Waals surface area contributed by atoms with E-state index in [1.807, 2.05) is 37.2 Å².